The molecule has 1 saturated heterocycles. The zero-order valence-electron chi connectivity index (χ0n) is 15.0. The van der Waals surface area contributed by atoms with Gasteiger partial charge in [0.25, 0.3) is 11.8 Å². The first-order valence-corrected chi connectivity index (χ1v) is 8.57. The molecule has 6 heteroatoms. The molecule has 2 aromatic rings. The summed E-state index contributed by atoms with van der Waals surface area (Å²) >= 11 is 0. The third-order valence-electron chi connectivity index (χ3n) is 4.56. The first-order chi connectivity index (χ1) is 12.5. The molecule has 0 saturated carbocycles. The SMILES string of the molecule is CN(C)c1ccc(C(=O)N2CCN(C(=O)c3cccc(F)c3)CC2)cc1. The summed E-state index contributed by atoms with van der Waals surface area (Å²) in [6.07, 6.45) is 0. The Morgan fingerprint density at radius 3 is 1.88 bits per heavy atom. The Balaban J connectivity index is 1.61. The van der Waals surface area contributed by atoms with Gasteiger partial charge in [-0.05, 0) is 42.5 Å². The molecular weight excluding hydrogens is 333 g/mol. The van der Waals surface area contributed by atoms with Gasteiger partial charge in [0.2, 0.25) is 0 Å². The van der Waals surface area contributed by atoms with Gasteiger partial charge in [0.15, 0.2) is 0 Å². The van der Waals surface area contributed by atoms with Crippen molar-refractivity contribution in [2.45, 2.75) is 0 Å². The summed E-state index contributed by atoms with van der Waals surface area (Å²) in [4.78, 5) is 30.5. The molecular formula is C20H22FN3O2. The molecule has 2 aromatic carbocycles. The van der Waals surface area contributed by atoms with Gasteiger partial charge in [-0.1, -0.05) is 6.07 Å². The van der Waals surface area contributed by atoms with Crippen LogP contribution in [0, 0.1) is 5.82 Å². The number of anilines is 1. The molecule has 5 nitrogen and oxygen atoms in total. The second-order valence-corrected chi connectivity index (χ2v) is 6.54. The minimum atomic E-state index is -0.425. The van der Waals surface area contributed by atoms with Crippen LogP contribution >= 0.6 is 0 Å². The number of rotatable bonds is 3. The van der Waals surface area contributed by atoms with Crippen LogP contribution in [-0.2, 0) is 0 Å². The van der Waals surface area contributed by atoms with Crippen molar-refractivity contribution < 1.29 is 14.0 Å². The number of carbonyl (C=O) groups excluding carboxylic acids is 2. The smallest absolute Gasteiger partial charge is 0.254 e. The molecule has 1 fully saturated rings. The maximum absolute atomic E-state index is 13.3. The number of piperazine rings is 1. The molecule has 0 aromatic heterocycles. The number of carbonyl (C=O) groups is 2. The largest absolute Gasteiger partial charge is 0.378 e. The second kappa shape index (κ2) is 7.56. The number of hydrogen-bond donors (Lipinski definition) is 0. The molecule has 136 valence electrons. The van der Waals surface area contributed by atoms with Crippen LogP contribution in [0.15, 0.2) is 48.5 Å². The van der Waals surface area contributed by atoms with Gasteiger partial charge in [-0.25, -0.2) is 4.39 Å². The number of halogens is 1. The molecule has 1 heterocycles. The summed E-state index contributed by atoms with van der Waals surface area (Å²) in [6, 6.07) is 13.2. The Morgan fingerprint density at radius 1 is 0.846 bits per heavy atom. The van der Waals surface area contributed by atoms with Crippen molar-refractivity contribution in [3.63, 3.8) is 0 Å². The minimum absolute atomic E-state index is 0.0341. The fourth-order valence-corrected chi connectivity index (χ4v) is 3.00. The van der Waals surface area contributed by atoms with E-state index < -0.39 is 5.82 Å². The summed E-state index contributed by atoms with van der Waals surface area (Å²) in [6.45, 7) is 1.82. The van der Waals surface area contributed by atoms with E-state index in [-0.39, 0.29) is 11.8 Å². The van der Waals surface area contributed by atoms with Gasteiger partial charge in [0.1, 0.15) is 5.82 Å². The van der Waals surface area contributed by atoms with Crippen molar-refractivity contribution in [1.82, 2.24) is 9.80 Å². The lowest BCUT2D eigenvalue weighted by molar-refractivity contribution is 0.0535. The Morgan fingerprint density at radius 2 is 1.38 bits per heavy atom. The van der Waals surface area contributed by atoms with Gasteiger partial charge < -0.3 is 14.7 Å². The quantitative estimate of drug-likeness (QED) is 0.850. The molecule has 0 radical (unpaired) electrons. The van der Waals surface area contributed by atoms with E-state index >= 15 is 0 Å². The Hall–Kier alpha value is -2.89. The topological polar surface area (TPSA) is 43.9 Å². The van der Waals surface area contributed by atoms with Gasteiger partial charge in [0.05, 0.1) is 0 Å². The molecule has 3 rings (SSSR count). The first-order valence-electron chi connectivity index (χ1n) is 8.57. The lowest BCUT2D eigenvalue weighted by Crippen LogP contribution is -2.50. The molecule has 2 amide bonds. The molecule has 0 aliphatic carbocycles. The van der Waals surface area contributed by atoms with Crippen LogP contribution < -0.4 is 4.90 Å². The Labute approximate surface area is 152 Å². The van der Waals surface area contributed by atoms with E-state index in [4.69, 9.17) is 0 Å². The molecule has 1 aliphatic rings. The van der Waals surface area contributed by atoms with E-state index in [9.17, 15) is 14.0 Å². The third-order valence-corrected chi connectivity index (χ3v) is 4.56. The molecule has 0 atom stereocenters. The van der Waals surface area contributed by atoms with Crippen LogP contribution in [0.2, 0.25) is 0 Å². The van der Waals surface area contributed by atoms with E-state index in [1.807, 2.05) is 43.3 Å². The van der Waals surface area contributed by atoms with Gasteiger partial charge in [-0.2, -0.15) is 0 Å². The molecule has 0 bridgehead atoms. The Bertz CT molecular complexity index is 797. The van der Waals surface area contributed by atoms with Gasteiger partial charge in [-0.3, -0.25) is 9.59 Å². The van der Waals surface area contributed by atoms with Gasteiger partial charge in [-0.15, -0.1) is 0 Å². The van der Waals surface area contributed by atoms with E-state index in [2.05, 4.69) is 0 Å². The molecule has 0 unspecified atom stereocenters. The summed E-state index contributed by atoms with van der Waals surface area (Å²) in [7, 11) is 3.90. The maximum atomic E-state index is 13.3. The molecule has 0 N–H and O–H groups in total. The third kappa shape index (κ3) is 3.85. The fraction of sp³-hybridized carbons (Fsp3) is 0.300. The monoisotopic (exact) mass is 355 g/mol. The summed E-state index contributed by atoms with van der Waals surface area (Å²) < 4.78 is 13.3. The summed E-state index contributed by atoms with van der Waals surface area (Å²) in [5, 5.41) is 0. The van der Waals surface area contributed by atoms with Crippen LogP contribution in [0.4, 0.5) is 10.1 Å². The van der Waals surface area contributed by atoms with Crippen LogP contribution in [-0.4, -0.2) is 61.9 Å². The van der Waals surface area contributed by atoms with Crippen molar-refractivity contribution in [1.29, 1.82) is 0 Å². The number of hydrogen-bond acceptors (Lipinski definition) is 3. The normalized spacial score (nSPS) is 14.3. The summed E-state index contributed by atoms with van der Waals surface area (Å²) in [5.41, 5.74) is 2.01. The zero-order valence-corrected chi connectivity index (χ0v) is 15.0. The van der Waals surface area contributed by atoms with Crippen LogP contribution in [0.5, 0.6) is 0 Å². The lowest BCUT2D eigenvalue weighted by Gasteiger charge is -2.35. The lowest BCUT2D eigenvalue weighted by atomic mass is 10.1. The fourth-order valence-electron chi connectivity index (χ4n) is 3.00. The van der Waals surface area contributed by atoms with Crippen molar-refractivity contribution in [2.24, 2.45) is 0 Å². The van der Waals surface area contributed by atoms with E-state index in [0.29, 0.717) is 37.3 Å². The van der Waals surface area contributed by atoms with Gasteiger partial charge in [0, 0.05) is 57.1 Å². The average Bonchev–Trinajstić information content (AvgIpc) is 2.67. The van der Waals surface area contributed by atoms with Gasteiger partial charge >= 0.3 is 0 Å². The van der Waals surface area contributed by atoms with Crippen molar-refractivity contribution in [3.05, 3.63) is 65.5 Å². The molecule has 1 aliphatic heterocycles. The molecule has 26 heavy (non-hydrogen) atoms. The predicted octanol–water partition coefficient (Wildman–Crippen LogP) is 2.49. The predicted molar refractivity (Wildman–Crippen MR) is 99.0 cm³/mol. The first kappa shape index (κ1) is 17.9. The maximum Gasteiger partial charge on any atom is 0.254 e. The van der Waals surface area contributed by atoms with Crippen molar-refractivity contribution in [3.8, 4) is 0 Å². The van der Waals surface area contributed by atoms with E-state index in [0.717, 1.165) is 5.69 Å². The highest BCUT2D eigenvalue weighted by atomic mass is 19.1. The van der Waals surface area contributed by atoms with Crippen LogP contribution in [0.1, 0.15) is 20.7 Å². The highest BCUT2D eigenvalue weighted by molar-refractivity contribution is 5.96. The number of nitrogens with zero attached hydrogens (tertiary/aromatic N) is 3. The van der Waals surface area contributed by atoms with Crippen LogP contribution in [0.25, 0.3) is 0 Å². The van der Waals surface area contributed by atoms with E-state index in [1.54, 1.807) is 15.9 Å². The summed E-state index contributed by atoms with van der Waals surface area (Å²) in [5.74, 6) is -0.661. The minimum Gasteiger partial charge on any atom is -0.378 e. The Kier molecular flexibility index (Phi) is 5.21. The van der Waals surface area contributed by atoms with E-state index in [1.165, 1.54) is 18.2 Å². The highest BCUT2D eigenvalue weighted by Gasteiger charge is 2.25. The zero-order chi connectivity index (χ0) is 18.7. The highest BCUT2D eigenvalue weighted by Crippen LogP contribution is 2.16. The number of amides is 2. The van der Waals surface area contributed by atoms with Crippen LogP contribution in [0.3, 0.4) is 0 Å². The second-order valence-electron chi connectivity index (χ2n) is 6.54. The van der Waals surface area contributed by atoms with Crippen molar-refractivity contribution in [2.75, 3.05) is 45.2 Å². The standard InChI is InChI=1S/C20H22FN3O2/c1-22(2)18-8-6-15(7-9-18)19(25)23-10-12-24(13-11-23)20(26)16-4-3-5-17(21)14-16/h3-9,14H,10-13H2,1-2H3. The average molecular weight is 355 g/mol. The molecule has 0 spiro atoms. The number of benzene rings is 2. The van der Waals surface area contributed by atoms with Crippen molar-refractivity contribution >= 4 is 17.5 Å².